The molecule has 0 aliphatic rings. The number of carboxylic acids is 1. The minimum absolute atomic E-state index is 0.185. The first kappa shape index (κ1) is 11.5. The van der Waals surface area contributed by atoms with Crippen molar-refractivity contribution >= 4 is 5.97 Å². The number of carboxylic acid groups (broad SMARTS) is 1. The molecule has 0 atom stereocenters. The summed E-state index contributed by atoms with van der Waals surface area (Å²) in [5.41, 5.74) is 1.13. The first-order chi connectivity index (χ1) is 7.24. The molecular formula is C12H13O3-. The molecule has 0 aliphatic heterocycles. The molecule has 15 heavy (non-hydrogen) atoms. The van der Waals surface area contributed by atoms with E-state index in [-0.39, 0.29) is 5.56 Å². The zero-order valence-electron chi connectivity index (χ0n) is 8.44. The van der Waals surface area contributed by atoms with Crippen LogP contribution >= 0.6 is 0 Å². The molecule has 1 rings (SSSR count). The molecule has 3 heteroatoms. The van der Waals surface area contributed by atoms with Crippen molar-refractivity contribution in [1.29, 1.82) is 0 Å². The van der Waals surface area contributed by atoms with E-state index in [9.17, 15) is 9.90 Å². The maximum absolute atomic E-state index is 10.5. The summed E-state index contributed by atoms with van der Waals surface area (Å²) in [6.45, 7) is 4.70. The fourth-order valence-electron chi connectivity index (χ4n) is 1.09. The number of rotatable bonds is 6. The molecule has 0 aromatic heterocycles. The average Bonchev–Trinajstić information content (AvgIpc) is 2.25. The van der Waals surface area contributed by atoms with Crippen molar-refractivity contribution in [3.8, 4) is 0 Å². The highest BCUT2D eigenvalue weighted by atomic mass is 16.5. The van der Waals surface area contributed by atoms with Crippen molar-refractivity contribution in [2.24, 2.45) is 0 Å². The lowest BCUT2D eigenvalue weighted by atomic mass is 10.1. The monoisotopic (exact) mass is 205 g/mol. The number of hydrogen-bond acceptors (Lipinski definition) is 3. The van der Waals surface area contributed by atoms with E-state index in [1.165, 1.54) is 12.1 Å². The van der Waals surface area contributed by atoms with Gasteiger partial charge in [-0.15, -0.1) is 6.58 Å². The van der Waals surface area contributed by atoms with Gasteiger partial charge in [-0.05, 0) is 17.5 Å². The van der Waals surface area contributed by atoms with E-state index < -0.39 is 5.97 Å². The van der Waals surface area contributed by atoms with Gasteiger partial charge < -0.3 is 14.6 Å². The maximum Gasteiger partial charge on any atom is 0.0717 e. The number of benzene rings is 1. The summed E-state index contributed by atoms with van der Waals surface area (Å²) in [4.78, 5) is 10.5. The Morgan fingerprint density at radius 3 is 2.60 bits per heavy atom. The number of aromatic carboxylic acids is 1. The fraction of sp³-hybridized carbons (Fsp3) is 0.250. The standard InChI is InChI=1S/C12H14O3/c1-2-3-8-15-9-10-4-6-11(7-5-10)12(13)14/h2,4-7H,1,3,8-9H2,(H,13,14)/p-1. The van der Waals surface area contributed by atoms with E-state index in [1.807, 2.05) is 0 Å². The second-order valence-electron chi connectivity index (χ2n) is 3.11. The minimum Gasteiger partial charge on any atom is -0.545 e. The summed E-state index contributed by atoms with van der Waals surface area (Å²) in [6.07, 6.45) is 2.61. The van der Waals surface area contributed by atoms with Crippen LogP contribution in [-0.2, 0) is 11.3 Å². The van der Waals surface area contributed by atoms with Crippen molar-refractivity contribution in [2.45, 2.75) is 13.0 Å². The molecule has 0 bridgehead atoms. The van der Waals surface area contributed by atoms with Crippen LogP contribution < -0.4 is 5.11 Å². The van der Waals surface area contributed by atoms with Gasteiger partial charge in [-0.2, -0.15) is 0 Å². The molecular weight excluding hydrogens is 192 g/mol. The van der Waals surface area contributed by atoms with Gasteiger partial charge in [0.15, 0.2) is 0 Å². The normalized spacial score (nSPS) is 9.87. The molecule has 0 saturated heterocycles. The third-order valence-electron chi connectivity index (χ3n) is 1.92. The van der Waals surface area contributed by atoms with Gasteiger partial charge in [0, 0.05) is 0 Å². The number of ether oxygens (including phenoxy) is 1. The smallest absolute Gasteiger partial charge is 0.0717 e. The molecule has 1 aromatic rings. The van der Waals surface area contributed by atoms with E-state index in [0.29, 0.717) is 13.2 Å². The summed E-state index contributed by atoms with van der Waals surface area (Å²) in [5.74, 6) is -1.16. The van der Waals surface area contributed by atoms with Gasteiger partial charge in [0.1, 0.15) is 0 Å². The Morgan fingerprint density at radius 1 is 1.40 bits per heavy atom. The molecule has 0 spiro atoms. The Kier molecular flexibility index (Phi) is 4.57. The van der Waals surface area contributed by atoms with Gasteiger partial charge in [0.25, 0.3) is 0 Å². The third kappa shape index (κ3) is 3.95. The minimum atomic E-state index is -1.16. The molecule has 80 valence electrons. The largest absolute Gasteiger partial charge is 0.545 e. The van der Waals surface area contributed by atoms with Gasteiger partial charge in [-0.3, -0.25) is 0 Å². The lowest BCUT2D eigenvalue weighted by Gasteiger charge is -2.05. The van der Waals surface area contributed by atoms with Gasteiger partial charge in [-0.25, -0.2) is 0 Å². The first-order valence-corrected chi connectivity index (χ1v) is 4.73. The molecule has 0 radical (unpaired) electrons. The lowest BCUT2D eigenvalue weighted by molar-refractivity contribution is -0.255. The highest BCUT2D eigenvalue weighted by molar-refractivity contribution is 5.85. The van der Waals surface area contributed by atoms with Crippen LogP contribution in [-0.4, -0.2) is 12.6 Å². The second kappa shape index (κ2) is 5.98. The highest BCUT2D eigenvalue weighted by Crippen LogP contribution is 2.05. The van der Waals surface area contributed by atoms with Crippen molar-refractivity contribution in [1.82, 2.24) is 0 Å². The lowest BCUT2D eigenvalue weighted by Crippen LogP contribution is -2.22. The Morgan fingerprint density at radius 2 is 2.07 bits per heavy atom. The molecule has 0 heterocycles. The molecule has 3 nitrogen and oxygen atoms in total. The van der Waals surface area contributed by atoms with Crippen molar-refractivity contribution in [3.63, 3.8) is 0 Å². The molecule has 0 saturated carbocycles. The van der Waals surface area contributed by atoms with Crippen molar-refractivity contribution in [2.75, 3.05) is 6.61 Å². The molecule has 0 fully saturated rings. The summed E-state index contributed by atoms with van der Waals surface area (Å²) >= 11 is 0. The van der Waals surface area contributed by atoms with E-state index in [4.69, 9.17) is 4.74 Å². The van der Waals surface area contributed by atoms with E-state index in [1.54, 1.807) is 18.2 Å². The van der Waals surface area contributed by atoms with Crippen LogP contribution in [0, 0.1) is 0 Å². The Hall–Kier alpha value is -1.61. The van der Waals surface area contributed by atoms with Crippen LogP contribution in [0.15, 0.2) is 36.9 Å². The summed E-state index contributed by atoms with van der Waals surface area (Å²) < 4.78 is 5.33. The van der Waals surface area contributed by atoms with Crippen LogP contribution in [0.4, 0.5) is 0 Å². The van der Waals surface area contributed by atoms with Gasteiger partial charge >= 0.3 is 0 Å². The van der Waals surface area contributed by atoms with Gasteiger partial charge in [-0.1, -0.05) is 30.3 Å². The summed E-state index contributed by atoms with van der Waals surface area (Å²) in [6, 6.07) is 6.47. The average molecular weight is 205 g/mol. The molecule has 1 aromatic carbocycles. The number of hydrogen-bond donors (Lipinski definition) is 0. The Labute approximate surface area is 89.0 Å². The van der Waals surface area contributed by atoms with Crippen LogP contribution in [0.5, 0.6) is 0 Å². The second-order valence-corrected chi connectivity index (χ2v) is 3.11. The Bertz CT molecular complexity index is 327. The van der Waals surface area contributed by atoms with Crippen molar-refractivity contribution in [3.05, 3.63) is 48.0 Å². The maximum atomic E-state index is 10.5. The zero-order chi connectivity index (χ0) is 11.1. The van der Waals surface area contributed by atoms with E-state index >= 15 is 0 Å². The number of carbonyl (C=O) groups excluding carboxylic acids is 1. The predicted octanol–water partition coefficient (Wildman–Crippen LogP) is 1.14. The first-order valence-electron chi connectivity index (χ1n) is 4.73. The molecule has 0 unspecified atom stereocenters. The van der Waals surface area contributed by atoms with Crippen LogP contribution in [0.3, 0.4) is 0 Å². The van der Waals surface area contributed by atoms with Gasteiger partial charge in [0.2, 0.25) is 0 Å². The fourth-order valence-corrected chi connectivity index (χ4v) is 1.09. The summed E-state index contributed by atoms with van der Waals surface area (Å²) in [5, 5.41) is 10.5. The molecule has 0 N–H and O–H groups in total. The predicted molar refractivity (Wildman–Crippen MR) is 55.2 cm³/mol. The van der Waals surface area contributed by atoms with Crippen LogP contribution in [0.2, 0.25) is 0 Å². The Balaban J connectivity index is 2.42. The van der Waals surface area contributed by atoms with Crippen LogP contribution in [0.25, 0.3) is 0 Å². The quantitative estimate of drug-likeness (QED) is 0.517. The SMILES string of the molecule is C=CCCOCc1ccc(C(=O)[O-])cc1. The third-order valence-corrected chi connectivity index (χ3v) is 1.92. The topological polar surface area (TPSA) is 49.4 Å². The highest BCUT2D eigenvalue weighted by Gasteiger charge is 1.95. The van der Waals surface area contributed by atoms with Crippen molar-refractivity contribution < 1.29 is 14.6 Å². The zero-order valence-corrected chi connectivity index (χ0v) is 8.44. The van der Waals surface area contributed by atoms with Gasteiger partial charge in [0.05, 0.1) is 19.2 Å². The number of carbonyl (C=O) groups is 1. The van der Waals surface area contributed by atoms with Crippen LogP contribution in [0.1, 0.15) is 22.3 Å². The summed E-state index contributed by atoms with van der Waals surface area (Å²) in [7, 11) is 0. The van der Waals surface area contributed by atoms with E-state index in [2.05, 4.69) is 6.58 Å². The molecule has 0 aliphatic carbocycles. The van der Waals surface area contributed by atoms with E-state index in [0.717, 1.165) is 12.0 Å². The molecule has 0 amide bonds.